The SMILES string of the molecule is O=C(Nc1c(F)cccc1F)c1ccnc(C(=O)NCC2CCCO2)c1. The molecule has 6 nitrogen and oxygen atoms in total. The zero-order valence-electron chi connectivity index (χ0n) is 13.8. The third-order valence-corrected chi connectivity index (χ3v) is 3.97. The highest BCUT2D eigenvalue weighted by Gasteiger charge is 2.18. The lowest BCUT2D eigenvalue weighted by molar-refractivity contribution is 0.0853. The average molecular weight is 361 g/mol. The number of benzene rings is 1. The Kier molecular flexibility index (Phi) is 5.52. The van der Waals surface area contributed by atoms with E-state index >= 15 is 0 Å². The molecule has 1 aliphatic heterocycles. The van der Waals surface area contributed by atoms with E-state index in [1.165, 1.54) is 24.4 Å². The fourth-order valence-electron chi connectivity index (χ4n) is 2.60. The van der Waals surface area contributed by atoms with Gasteiger partial charge in [0.2, 0.25) is 0 Å². The number of nitrogens with one attached hydrogen (secondary N) is 2. The monoisotopic (exact) mass is 361 g/mol. The topological polar surface area (TPSA) is 80.3 Å². The van der Waals surface area contributed by atoms with Gasteiger partial charge in [-0.05, 0) is 37.1 Å². The van der Waals surface area contributed by atoms with Crippen LogP contribution in [0.2, 0.25) is 0 Å². The van der Waals surface area contributed by atoms with Gasteiger partial charge in [-0.3, -0.25) is 14.6 Å². The molecule has 0 bridgehead atoms. The van der Waals surface area contributed by atoms with Crippen LogP contribution in [0.1, 0.15) is 33.7 Å². The van der Waals surface area contributed by atoms with Crippen LogP contribution in [0.5, 0.6) is 0 Å². The summed E-state index contributed by atoms with van der Waals surface area (Å²) in [6.07, 6.45) is 3.11. The Morgan fingerprint density at radius 1 is 1.19 bits per heavy atom. The fraction of sp³-hybridized carbons (Fsp3) is 0.278. The molecule has 26 heavy (non-hydrogen) atoms. The standard InChI is InChI=1S/C18H17F2N3O3/c19-13-4-1-5-14(20)16(13)23-17(24)11-6-7-21-15(9-11)18(25)22-10-12-3-2-8-26-12/h1,4-7,9,12H,2-3,8,10H2,(H,22,25)(H,23,24). The van der Waals surface area contributed by atoms with E-state index < -0.39 is 29.1 Å². The van der Waals surface area contributed by atoms with Crippen molar-refractivity contribution < 1.29 is 23.1 Å². The number of amides is 2. The van der Waals surface area contributed by atoms with Crippen LogP contribution in [-0.2, 0) is 4.74 Å². The molecule has 1 saturated heterocycles. The summed E-state index contributed by atoms with van der Waals surface area (Å²) in [4.78, 5) is 28.3. The largest absolute Gasteiger partial charge is 0.376 e. The molecule has 136 valence electrons. The first-order valence-electron chi connectivity index (χ1n) is 8.16. The molecular formula is C18H17F2N3O3. The lowest BCUT2D eigenvalue weighted by atomic mass is 10.2. The lowest BCUT2D eigenvalue weighted by Crippen LogP contribution is -2.32. The van der Waals surface area contributed by atoms with Gasteiger partial charge in [-0.1, -0.05) is 6.07 Å². The zero-order chi connectivity index (χ0) is 18.5. The number of aromatic nitrogens is 1. The smallest absolute Gasteiger partial charge is 0.269 e. The molecule has 1 aromatic heterocycles. The van der Waals surface area contributed by atoms with Crippen LogP contribution in [0.3, 0.4) is 0 Å². The molecule has 1 aliphatic rings. The van der Waals surface area contributed by atoms with Crippen LogP contribution < -0.4 is 10.6 Å². The highest BCUT2D eigenvalue weighted by atomic mass is 19.1. The van der Waals surface area contributed by atoms with Crippen LogP contribution in [0.4, 0.5) is 14.5 Å². The molecule has 1 atom stereocenters. The molecule has 2 aromatic rings. The number of ether oxygens (including phenoxy) is 1. The first-order chi connectivity index (χ1) is 12.5. The first-order valence-corrected chi connectivity index (χ1v) is 8.16. The summed E-state index contributed by atoms with van der Waals surface area (Å²) in [5, 5.41) is 4.87. The summed E-state index contributed by atoms with van der Waals surface area (Å²) in [5.74, 6) is -2.97. The number of hydrogen-bond donors (Lipinski definition) is 2. The maximum atomic E-state index is 13.6. The van der Waals surface area contributed by atoms with E-state index in [-0.39, 0.29) is 17.4 Å². The summed E-state index contributed by atoms with van der Waals surface area (Å²) >= 11 is 0. The third-order valence-electron chi connectivity index (χ3n) is 3.97. The number of rotatable bonds is 5. The Morgan fingerprint density at radius 3 is 2.65 bits per heavy atom. The first kappa shape index (κ1) is 17.9. The van der Waals surface area contributed by atoms with Gasteiger partial charge in [0.1, 0.15) is 23.0 Å². The van der Waals surface area contributed by atoms with Gasteiger partial charge in [0.25, 0.3) is 11.8 Å². The summed E-state index contributed by atoms with van der Waals surface area (Å²) in [7, 11) is 0. The van der Waals surface area contributed by atoms with Crippen molar-refractivity contribution in [3.05, 3.63) is 59.4 Å². The molecular weight excluding hydrogens is 344 g/mol. The maximum Gasteiger partial charge on any atom is 0.269 e. The van der Waals surface area contributed by atoms with Gasteiger partial charge >= 0.3 is 0 Å². The average Bonchev–Trinajstić information content (AvgIpc) is 3.16. The predicted octanol–water partition coefficient (Wildman–Crippen LogP) is 2.52. The number of nitrogens with zero attached hydrogens (tertiary/aromatic N) is 1. The summed E-state index contributed by atoms with van der Waals surface area (Å²) in [5.41, 5.74) is -0.451. The molecule has 0 aliphatic carbocycles. The number of hydrogen-bond acceptors (Lipinski definition) is 4. The molecule has 1 aromatic carbocycles. The van der Waals surface area contributed by atoms with E-state index in [2.05, 4.69) is 15.6 Å². The molecule has 1 unspecified atom stereocenters. The van der Waals surface area contributed by atoms with Crippen molar-refractivity contribution in [2.45, 2.75) is 18.9 Å². The van der Waals surface area contributed by atoms with Crippen molar-refractivity contribution in [1.82, 2.24) is 10.3 Å². The molecule has 2 N–H and O–H groups in total. The van der Waals surface area contributed by atoms with Crippen LogP contribution in [0.15, 0.2) is 36.5 Å². The second kappa shape index (κ2) is 8.01. The second-order valence-corrected chi connectivity index (χ2v) is 5.83. The number of pyridine rings is 1. The van der Waals surface area contributed by atoms with Gasteiger partial charge < -0.3 is 15.4 Å². The predicted molar refractivity (Wildman–Crippen MR) is 89.9 cm³/mol. The van der Waals surface area contributed by atoms with Crippen LogP contribution >= 0.6 is 0 Å². The molecule has 0 radical (unpaired) electrons. The van der Waals surface area contributed by atoms with Crippen LogP contribution in [0.25, 0.3) is 0 Å². The van der Waals surface area contributed by atoms with E-state index in [9.17, 15) is 18.4 Å². The van der Waals surface area contributed by atoms with Crippen molar-refractivity contribution in [3.8, 4) is 0 Å². The summed E-state index contributed by atoms with van der Waals surface area (Å²) in [6.45, 7) is 1.04. The molecule has 0 spiro atoms. The summed E-state index contributed by atoms with van der Waals surface area (Å²) < 4.78 is 32.7. The van der Waals surface area contributed by atoms with Crippen LogP contribution in [0, 0.1) is 11.6 Å². The normalized spacial score (nSPS) is 16.3. The van der Waals surface area contributed by atoms with E-state index in [4.69, 9.17) is 4.74 Å². The second-order valence-electron chi connectivity index (χ2n) is 5.83. The molecule has 8 heteroatoms. The van der Waals surface area contributed by atoms with Gasteiger partial charge in [-0.25, -0.2) is 8.78 Å². The van der Waals surface area contributed by atoms with Gasteiger partial charge in [0.05, 0.1) is 6.10 Å². The quantitative estimate of drug-likeness (QED) is 0.858. The highest BCUT2D eigenvalue weighted by Crippen LogP contribution is 2.19. The van der Waals surface area contributed by atoms with E-state index in [1.807, 2.05) is 0 Å². The zero-order valence-corrected chi connectivity index (χ0v) is 13.8. The Labute approximate surface area is 148 Å². The van der Waals surface area contributed by atoms with Crippen molar-refractivity contribution >= 4 is 17.5 Å². The number of para-hydroxylation sites is 1. The van der Waals surface area contributed by atoms with Crippen molar-refractivity contribution in [1.29, 1.82) is 0 Å². The molecule has 2 amide bonds. The number of anilines is 1. The highest BCUT2D eigenvalue weighted by molar-refractivity contribution is 6.05. The molecule has 2 heterocycles. The van der Waals surface area contributed by atoms with E-state index in [0.29, 0.717) is 13.2 Å². The Balaban J connectivity index is 1.68. The molecule has 0 saturated carbocycles. The molecule has 3 rings (SSSR count). The lowest BCUT2D eigenvalue weighted by Gasteiger charge is -2.11. The minimum Gasteiger partial charge on any atom is -0.376 e. The van der Waals surface area contributed by atoms with Gasteiger partial charge in [-0.15, -0.1) is 0 Å². The minimum atomic E-state index is -0.887. The Bertz CT molecular complexity index is 803. The number of carbonyl (C=O) groups is 2. The molecule has 1 fully saturated rings. The van der Waals surface area contributed by atoms with Crippen LogP contribution in [-0.4, -0.2) is 36.1 Å². The van der Waals surface area contributed by atoms with Crippen molar-refractivity contribution in [3.63, 3.8) is 0 Å². The van der Waals surface area contributed by atoms with Gasteiger partial charge in [0.15, 0.2) is 0 Å². The minimum absolute atomic E-state index is 0.0190. The van der Waals surface area contributed by atoms with Gasteiger partial charge in [0, 0.05) is 24.9 Å². The number of halogens is 2. The van der Waals surface area contributed by atoms with E-state index in [1.54, 1.807) is 0 Å². The van der Waals surface area contributed by atoms with E-state index in [0.717, 1.165) is 25.0 Å². The van der Waals surface area contributed by atoms with Crippen molar-refractivity contribution in [2.24, 2.45) is 0 Å². The van der Waals surface area contributed by atoms with Crippen molar-refractivity contribution in [2.75, 3.05) is 18.5 Å². The maximum absolute atomic E-state index is 13.6. The van der Waals surface area contributed by atoms with Gasteiger partial charge in [-0.2, -0.15) is 0 Å². The number of carbonyl (C=O) groups excluding carboxylic acids is 2. The Hall–Kier alpha value is -2.87. The summed E-state index contributed by atoms with van der Waals surface area (Å²) in [6, 6.07) is 5.89. The Morgan fingerprint density at radius 2 is 1.96 bits per heavy atom. The third kappa shape index (κ3) is 4.20. The fourth-order valence-corrected chi connectivity index (χ4v) is 2.60.